The number of benzene rings is 1. The predicted molar refractivity (Wildman–Crippen MR) is 122 cm³/mol. The van der Waals surface area contributed by atoms with Crippen LogP contribution in [0.5, 0.6) is 0 Å². The van der Waals surface area contributed by atoms with E-state index in [0.717, 1.165) is 5.41 Å². The van der Waals surface area contributed by atoms with Gasteiger partial charge in [0.1, 0.15) is 0 Å². The molecule has 0 unspecified atom stereocenters. The molecule has 0 N–H and O–H groups in total. The van der Waals surface area contributed by atoms with Gasteiger partial charge in [-0.05, 0) is 111 Å². The van der Waals surface area contributed by atoms with Crippen LogP contribution in [0.2, 0.25) is 0 Å². The van der Waals surface area contributed by atoms with Gasteiger partial charge in [-0.25, -0.2) is 0 Å². The Kier molecular flexibility index (Phi) is 8.02. The Morgan fingerprint density at radius 2 is 1.44 bits per heavy atom. The van der Waals surface area contributed by atoms with E-state index in [4.69, 9.17) is 0 Å². The Morgan fingerprint density at radius 1 is 0.815 bits per heavy atom. The molecule has 1 aromatic rings. The van der Waals surface area contributed by atoms with E-state index in [1.165, 1.54) is 82.6 Å². The molecule has 1 saturated carbocycles. The number of hydrogen-bond acceptors (Lipinski definition) is 0. The summed E-state index contributed by atoms with van der Waals surface area (Å²) in [6.45, 7) is 16.6. The van der Waals surface area contributed by atoms with E-state index < -0.39 is 0 Å². The second-order valence-corrected chi connectivity index (χ2v) is 11.1. The van der Waals surface area contributed by atoms with Crippen molar-refractivity contribution in [2.45, 2.75) is 126 Å². The van der Waals surface area contributed by atoms with Crippen molar-refractivity contribution in [3.05, 3.63) is 33.9 Å². The van der Waals surface area contributed by atoms with Crippen LogP contribution >= 0.6 is 0 Å². The lowest BCUT2D eigenvalue weighted by atomic mass is 9.87. The molecule has 0 heterocycles. The topological polar surface area (TPSA) is 0 Å². The minimum atomic E-state index is 0.487. The second-order valence-electron chi connectivity index (χ2n) is 11.1. The molecule has 0 saturated heterocycles. The Hall–Kier alpha value is -0.780. The highest BCUT2D eigenvalue weighted by Crippen LogP contribution is 2.49. The van der Waals surface area contributed by atoms with Crippen LogP contribution in [0.4, 0.5) is 0 Å². The van der Waals surface area contributed by atoms with E-state index in [0.29, 0.717) is 5.41 Å². The molecule has 0 aromatic heterocycles. The molecule has 1 aliphatic carbocycles. The smallest absolute Gasteiger partial charge is 0.0274 e. The molecule has 2 rings (SSSR count). The summed E-state index contributed by atoms with van der Waals surface area (Å²) in [7, 11) is 0. The lowest BCUT2D eigenvalue weighted by Crippen LogP contribution is -2.04. The van der Waals surface area contributed by atoms with Crippen molar-refractivity contribution in [3.8, 4) is 0 Å². The zero-order valence-corrected chi connectivity index (χ0v) is 19.6. The quantitative estimate of drug-likeness (QED) is 0.342. The largest absolute Gasteiger partial charge is 0.0602 e. The van der Waals surface area contributed by atoms with Gasteiger partial charge in [0.05, 0.1) is 0 Å². The van der Waals surface area contributed by atoms with Crippen molar-refractivity contribution in [3.63, 3.8) is 0 Å². The predicted octanol–water partition coefficient (Wildman–Crippen LogP) is 8.66. The van der Waals surface area contributed by atoms with Crippen molar-refractivity contribution in [1.82, 2.24) is 0 Å². The minimum absolute atomic E-state index is 0.487. The van der Waals surface area contributed by atoms with Crippen LogP contribution in [0.3, 0.4) is 0 Å². The Balaban J connectivity index is 1.79. The second kappa shape index (κ2) is 9.62. The van der Waals surface area contributed by atoms with Crippen LogP contribution in [0.15, 0.2) is 6.07 Å². The van der Waals surface area contributed by atoms with Gasteiger partial charge in [0, 0.05) is 0 Å². The van der Waals surface area contributed by atoms with Crippen molar-refractivity contribution < 1.29 is 0 Å². The fourth-order valence-corrected chi connectivity index (χ4v) is 4.51. The SMILES string of the molecule is Cc1cc(CCCCCC(C)(C)C)c(C)c(C)c1CCCCCC1(C)CC1. The molecule has 0 nitrogen and oxygen atoms in total. The van der Waals surface area contributed by atoms with Gasteiger partial charge in [-0.2, -0.15) is 0 Å². The van der Waals surface area contributed by atoms with E-state index in [1.54, 1.807) is 22.3 Å². The molecular formula is C27H46. The lowest BCUT2D eigenvalue weighted by molar-refractivity contribution is 0.358. The van der Waals surface area contributed by atoms with E-state index in [2.05, 4.69) is 54.5 Å². The van der Waals surface area contributed by atoms with Crippen molar-refractivity contribution in [2.24, 2.45) is 10.8 Å². The van der Waals surface area contributed by atoms with Crippen LogP contribution in [0, 0.1) is 31.6 Å². The maximum atomic E-state index is 2.51. The third-order valence-corrected chi connectivity index (χ3v) is 7.05. The standard InChI is InChI=1S/C27H46/c1-21-20-24(14-10-8-12-16-26(4,5)6)22(2)23(3)25(21)15-11-9-13-17-27(7)18-19-27/h20H,8-19H2,1-7H3. The molecule has 0 amide bonds. The first-order chi connectivity index (χ1) is 12.6. The third kappa shape index (κ3) is 7.63. The first-order valence-electron chi connectivity index (χ1n) is 11.7. The maximum absolute atomic E-state index is 2.51. The van der Waals surface area contributed by atoms with E-state index in [-0.39, 0.29) is 0 Å². The first-order valence-corrected chi connectivity index (χ1v) is 11.7. The van der Waals surface area contributed by atoms with Crippen molar-refractivity contribution in [2.75, 3.05) is 0 Å². The molecule has 27 heavy (non-hydrogen) atoms. The molecule has 0 aliphatic heterocycles. The number of rotatable bonds is 11. The van der Waals surface area contributed by atoms with E-state index in [9.17, 15) is 0 Å². The molecule has 0 radical (unpaired) electrons. The summed E-state index contributed by atoms with van der Waals surface area (Å²) in [6, 6.07) is 2.51. The molecule has 1 aliphatic rings. The van der Waals surface area contributed by atoms with Crippen LogP contribution in [-0.2, 0) is 12.8 Å². The zero-order chi connectivity index (χ0) is 20.1. The molecule has 0 bridgehead atoms. The number of aryl methyl sites for hydroxylation is 2. The van der Waals surface area contributed by atoms with E-state index >= 15 is 0 Å². The third-order valence-electron chi connectivity index (χ3n) is 7.05. The Bertz CT molecular complexity index is 595. The van der Waals surface area contributed by atoms with Gasteiger partial charge in [0.25, 0.3) is 0 Å². The Morgan fingerprint density at radius 3 is 2.07 bits per heavy atom. The molecule has 1 aromatic carbocycles. The maximum Gasteiger partial charge on any atom is -0.0274 e. The van der Waals surface area contributed by atoms with Crippen LogP contribution < -0.4 is 0 Å². The average Bonchev–Trinajstić information content (AvgIpc) is 3.30. The highest BCUT2D eigenvalue weighted by Gasteiger charge is 2.35. The van der Waals surface area contributed by atoms with E-state index in [1.807, 2.05) is 0 Å². The van der Waals surface area contributed by atoms with Crippen molar-refractivity contribution >= 4 is 0 Å². The molecule has 154 valence electrons. The van der Waals surface area contributed by atoms with Gasteiger partial charge in [0.2, 0.25) is 0 Å². The molecule has 0 heteroatoms. The number of hydrogen-bond donors (Lipinski definition) is 0. The highest BCUT2D eigenvalue weighted by atomic mass is 14.4. The summed E-state index contributed by atoms with van der Waals surface area (Å²) in [5, 5.41) is 0. The summed E-state index contributed by atoms with van der Waals surface area (Å²) in [4.78, 5) is 0. The molecule has 1 fully saturated rings. The fraction of sp³-hybridized carbons (Fsp3) is 0.778. The lowest BCUT2D eigenvalue weighted by Gasteiger charge is -2.19. The van der Waals surface area contributed by atoms with Crippen molar-refractivity contribution in [1.29, 1.82) is 0 Å². The van der Waals surface area contributed by atoms with Crippen LogP contribution in [0.1, 0.15) is 120 Å². The number of unbranched alkanes of at least 4 members (excludes halogenated alkanes) is 4. The van der Waals surface area contributed by atoms with Crippen LogP contribution in [0.25, 0.3) is 0 Å². The van der Waals surface area contributed by atoms with Gasteiger partial charge < -0.3 is 0 Å². The van der Waals surface area contributed by atoms with Gasteiger partial charge >= 0.3 is 0 Å². The molecule has 0 atom stereocenters. The zero-order valence-electron chi connectivity index (χ0n) is 19.6. The van der Waals surface area contributed by atoms with Gasteiger partial charge in [-0.15, -0.1) is 0 Å². The van der Waals surface area contributed by atoms with Gasteiger partial charge in [-0.3, -0.25) is 0 Å². The van der Waals surface area contributed by atoms with Gasteiger partial charge in [0.15, 0.2) is 0 Å². The average molecular weight is 371 g/mol. The summed E-state index contributed by atoms with van der Waals surface area (Å²) < 4.78 is 0. The minimum Gasteiger partial charge on any atom is -0.0602 e. The summed E-state index contributed by atoms with van der Waals surface area (Å²) in [5.41, 5.74) is 9.15. The summed E-state index contributed by atoms with van der Waals surface area (Å²) >= 11 is 0. The molecule has 0 spiro atoms. The normalized spacial score (nSPS) is 16.0. The first kappa shape index (κ1) is 22.5. The highest BCUT2D eigenvalue weighted by molar-refractivity contribution is 5.44. The van der Waals surface area contributed by atoms with Gasteiger partial charge in [-0.1, -0.05) is 59.4 Å². The molecular weight excluding hydrogens is 324 g/mol. The Labute approximate surface area is 170 Å². The summed E-state index contributed by atoms with van der Waals surface area (Å²) in [6.07, 6.45) is 16.6. The fourth-order valence-electron chi connectivity index (χ4n) is 4.51. The monoisotopic (exact) mass is 370 g/mol. The van der Waals surface area contributed by atoms with Crippen LogP contribution in [-0.4, -0.2) is 0 Å². The summed E-state index contributed by atoms with van der Waals surface area (Å²) in [5.74, 6) is 0.